The fourth-order valence-corrected chi connectivity index (χ4v) is 4.26. The fraction of sp³-hybridized carbons (Fsp3) is 0.556. The monoisotopic (exact) mass is 389 g/mol. The molecule has 1 aromatic heterocycles. The first-order valence-corrected chi connectivity index (χ1v) is 9.47. The van der Waals surface area contributed by atoms with Gasteiger partial charge in [-0.05, 0) is 43.2 Å². The quantitative estimate of drug-likeness (QED) is 0.673. The molecule has 0 aliphatic carbocycles. The Morgan fingerprint density at radius 3 is 2.54 bits per heavy atom. The van der Waals surface area contributed by atoms with Crippen LogP contribution in [0.3, 0.4) is 0 Å². The first-order chi connectivity index (χ1) is 13.4. The van der Waals surface area contributed by atoms with Gasteiger partial charge in [-0.25, -0.2) is 19.6 Å². The molecule has 4 amide bonds. The van der Waals surface area contributed by atoms with Gasteiger partial charge in [-0.1, -0.05) is 6.07 Å². The Hall–Kier alpha value is -2.88. The summed E-state index contributed by atoms with van der Waals surface area (Å²) in [5, 5.41) is 22.2. The zero-order chi connectivity index (χ0) is 19.8. The Balaban J connectivity index is 1.35. The van der Waals surface area contributed by atoms with Crippen molar-refractivity contribution < 1.29 is 24.7 Å². The Kier molecular flexibility index (Phi) is 4.80. The second-order valence-corrected chi connectivity index (χ2v) is 7.54. The molecular formula is C18H23N5O5. The molecule has 150 valence electrons. The number of rotatable bonds is 3. The molecule has 28 heavy (non-hydrogen) atoms. The number of carbonyl (C=O) groups is 3. The maximum absolute atomic E-state index is 12.6. The van der Waals surface area contributed by atoms with Gasteiger partial charge < -0.3 is 20.2 Å². The van der Waals surface area contributed by atoms with Crippen LogP contribution in [0.5, 0.6) is 0 Å². The lowest BCUT2D eigenvalue weighted by molar-refractivity contribution is -0.121. The third kappa shape index (κ3) is 3.35. The van der Waals surface area contributed by atoms with Crippen LogP contribution in [-0.2, 0) is 4.79 Å². The maximum Gasteiger partial charge on any atom is 0.407 e. The van der Waals surface area contributed by atoms with Gasteiger partial charge in [0.1, 0.15) is 11.9 Å². The number of fused-ring (bicyclic) bond motifs is 2. The van der Waals surface area contributed by atoms with E-state index in [1.165, 1.54) is 9.80 Å². The minimum absolute atomic E-state index is 0.235. The molecule has 4 rings (SSSR count). The van der Waals surface area contributed by atoms with Gasteiger partial charge in [0.25, 0.3) is 0 Å². The number of hydrogen-bond acceptors (Lipinski definition) is 5. The average molecular weight is 389 g/mol. The number of nitrogens with zero attached hydrogens (tertiary/aromatic N) is 4. The highest BCUT2D eigenvalue weighted by atomic mass is 16.5. The number of likely N-dealkylation sites (tertiary alicyclic amines) is 1. The highest BCUT2D eigenvalue weighted by molar-refractivity contribution is 5.97. The molecule has 0 saturated carbocycles. The summed E-state index contributed by atoms with van der Waals surface area (Å²) in [7, 11) is 0. The predicted molar refractivity (Wildman–Crippen MR) is 97.0 cm³/mol. The van der Waals surface area contributed by atoms with E-state index in [1.807, 2.05) is 6.07 Å². The van der Waals surface area contributed by atoms with Crippen molar-refractivity contribution in [3.8, 4) is 0 Å². The van der Waals surface area contributed by atoms with Crippen molar-refractivity contribution in [2.45, 2.75) is 43.7 Å². The number of hydrogen-bond donors (Lipinski definition) is 3. The van der Waals surface area contributed by atoms with Crippen molar-refractivity contribution in [3.05, 3.63) is 23.9 Å². The Morgan fingerprint density at radius 1 is 1.14 bits per heavy atom. The number of pyridine rings is 1. The second-order valence-electron chi connectivity index (χ2n) is 7.54. The lowest BCUT2D eigenvalue weighted by Gasteiger charge is -2.30. The van der Waals surface area contributed by atoms with Crippen molar-refractivity contribution in [1.82, 2.24) is 19.8 Å². The Labute approximate surface area is 161 Å². The summed E-state index contributed by atoms with van der Waals surface area (Å²) in [4.78, 5) is 42.7. The molecule has 0 unspecified atom stereocenters. The minimum atomic E-state index is -0.885. The highest BCUT2D eigenvalue weighted by Crippen LogP contribution is 2.30. The Bertz CT molecular complexity index is 777. The molecule has 2 atom stereocenters. The molecule has 0 aromatic carbocycles. The summed E-state index contributed by atoms with van der Waals surface area (Å²) in [6.07, 6.45) is 3.40. The van der Waals surface area contributed by atoms with Gasteiger partial charge in [-0.15, -0.1) is 0 Å². The van der Waals surface area contributed by atoms with Crippen molar-refractivity contribution in [1.29, 1.82) is 0 Å². The second kappa shape index (κ2) is 7.27. The van der Waals surface area contributed by atoms with Crippen LogP contribution in [0.15, 0.2) is 18.3 Å². The normalized spacial score (nSPS) is 25.2. The zero-order valence-electron chi connectivity index (χ0n) is 15.3. The number of hydroxylamine groups is 2. The SMILES string of the molecule is O=C(Nc1ccc(C2CCN(C(=O)O)CC2)cn1)[C@@H]1CC[C@@H]2CN1C(=O)N2O. The molecular weight excluding hydrogens is 366 g/mol. The number of urea groups is 1. The van der Waals surface area contributed by atoms with E-state index in [4.69, 9.17) is 5.11 Å². The number of nitrogens with one attached hydrogen (secondary N) is 1. The standard InChI is InChI=1S/C18H23N5O5/c24-16(14-3-2-13-10-22(14)17(25)23(13)28)20-15-4-1-12(9-19-15)11-5-7-21(8-6-11)18(26)27/h1,4,9,11,13-14,28H,2-3,5-8,10H2,(H,26,27)(H,19,20,24)/t13-,14+/m1/s1. The van der Waals surface area contributed by atoms with Crippen molar-refractivity contribution in [2.24, 2.45) is 0 Å². The summed E-state index contributed by atoms with van der Waals surface area (Å²) in [5.41, 5.74) is 1.02. The molecule has 10 heteroatoms. The topological polar surface area (TPSA) is 126 Å². The first kappa shape index (κ1) is 18.5. The lowest BCUT2D eigenvalue weighted by atomic mass is 9.91. The van der Waals surface area contributed by atoms with E-state index in [0.717, 1.165) is 23.5 Å². The van der Waals surface area contributed by atoms with Crippen LogP contribution in [0.4, 0.5) is 15.4 Å². The lowest BCUT2D eigenvalue weighted by Crippen LogP contribution is -2.47. The largest absolute Gasteiger partial charge is 0.465 e. The van der Waals surface area contributed by atoms with Gasteiger partial charge in [0.05, 0.1) is 6.04 Å². The van der Waals surface area contributed by atoms with Crippen LogP contribution in [0, 0.1) is 0 Å². The molecule has 3 aliphatic rings. The van der Waals surface area contributed by atoms with Crippen LogP contribution in [0.1, 0.15) is 37.2 Å². The first-order valence-electron chi connectivity index (χ1n) is 9.47. The van der Waals surface area contributed by atoms with Crippen LogP contribution < -0.4 is 5.32 Å². The smallest absolute Gasteiger partial charge is 0.407 e. The van der Waals surface area contributed by atoms with E-state index < -0.39 is 18.2 Å². The predicted octanol–water partition coefficient (Wildman–Crippen LogP) is 1.54. The molecule has 1 aromatic rings. The van der Waals surface area contributed by atoms with Crippen LogP contribution in [-0.4, -0.2) is 79.9 Å². The molecule has 3 N–H and O–H groups in total. The fourth-order valence-electron chi connectivity index (χ4n) is 4.26. The summed E-state index contributed by atoms with van der Waals surface area (Å²) < 4.78 is 0. The number of piperidine rings is 2. The molecule has 3 saturated heterocycles. The van der Waals surface area contributed by atoms with Crippen molar-refractivity contribution >= 4 is 23.8 Å². The third-order valence-corrected chi connectivity index (χ3v) is 5.92. The van der Waals surface area contributed by atoms with Crippen molar-refractivity contribution in [3.63, 3.8) is 0 Å². The van der Waals surface area contributed by atoms with E-state index in [9.17, 15) is 19.6 Å². The number of carbonyl (C=O) groups excluding carboxylic acids is 2. The molecule has 10 nitrogen and oxygen atoms in total. The van der Waals surface area contributed by atoms with Crippen LogP contribution in [0.25, 0.3) is 0 Å². The van der Waals surface area contributed by atoms with E-state index in [1.54, 1.807) is 12.3 Å². The van der Waals surface area contributed by atoms with Gasteiger partial charge >= 0.3 is 12.1 Å². The third-order valence-electron chi connectivity index (χ3n) is 5.92. The van der Waals surface area contributed by atoms with E-state index in [-0.39, 0.29) is 17.9 Å². The summed E-state index contributed by atoms with van der Waals surface area (Å²) in [6, 6.07) is 2.26. The highest BCUT2D eigenvalue weighted by Gasteiger charge is 2.46. The molecule has 0 radical (unpaired) electrons. The number of carboxylic acid groups (broad SMARTS) is 1. The average Bonchev–Trinajstić information content (AvgIpc) is 2.92. The maximum atomic E-state index is 12.6. The number of amides is 4. The summed E-state index contributed by atoms with van der Waals surface area (Å²) in [6.45, 7) is 1.37. The molecule has 3 fully saturated rings. The van der Waals surface area contributed by atoms with Gasteiger partial charge in [-0.2, -0.15) is 0 Å². The van der Waals surface area contributed by atoms with Gasteiger partial charge in [0.2, 0.25) is 5.91 Å². The molecule has 0 spiro atoms. The number of anilines is 1. The summed E-state index contributed by atoms with van der Waals surface area (Å²) >= 11 is 0. The van der Waals surface area contributed by atoms with Crippen molar-refractivity contribution in [2.75, 3.05) is 25.0 Å². The van der Waals surface area contributed by atoms with Gasteiger partial charge in [0.15, 0.2) is 0 Å². The van der Waals surface area contributed by atoms with Gasteiger partial charge in [0, 0.05) is 25.8 Å². The van der Waals surface area contributed by atoms with E-state index >= 15 is 0 Å². The van der Waals surface area contributed by atoms with Crippen LogP contribution >= 0.6 is 0 Å². The molecule has 3 aliphatic heterocycles. The zero-order valence-corrected chi connectivity index (χ0v) is 15.3. The Morgan fingerprint density at radius 2 is 1.89 bits per heavy atom. The number of aromatic nitrogens is 1. The minimum Gasteiger partial charge on any atom is -0.465 e. The summed E-state index contributed by atoms with van der Waals surface area (Å²) in [5.74, 6) is 0.351. The molecule has 4 heterocycles. The van der Waals surface area contributed by atoms with Gasteiger partial charge in [-0.3, -0.25) is 10.0 Å². The molecule has 2 bridgehead atoms. The van der Waals surface area contributed by atoms with Crippen LogP contribution in [0.2, 0.25) is 0 Å². The van der Waals surface area contributed by atoms with E-state index in [2.05, 4.69) is 10.3 Å². The van der Waals surface area contributed by atoms with E-state index in [0.29, 0.717) is 38.3 Å².